The first kappa shape index (κ1) is 13.3. The molecular formula is C15H24N2O. The number of aromatic nitrogens is 1. The molecule has 0 saturated heterocycles. The molecule has 1 aliphatic rings. The van der Waals surface area contributed by atoms with Crippen molar-refractivity contribution in [3.63, 3.8) is 0 Å². The summed E-state index contributed by atoms with van der Waals surface area (Å²) in [5.41, 5.74) is 7.51. The lowest BCUT2D eigenvalue weighted by molar-refractivity contribution is 0.313. The number of nitrogens with zero attached hydrogens (tertiary/aromatic N) is 1. The summed E-state index contributed by atoms with van der Waals surface area (Å²) in [6.45, 7) is 5.14. The van der Waals surface area contributed by atoms with Gasteiger partial charge in [-0.15, -0.1) is 0 Å². The Morgan fingerprint density at radius 1 is 1.44 bits per heavy atom. The lowest BCUT2D eigenvalue weighted by Crippen LogP contribution is -2.23. The smallest absolute Gasteiger partial charge is 0.137 e. The van der Waals surface area contributed by atoms with E-state index in [2.05, 4.69) is 24.9 Å². The van der Waals surface area contributed by atoms with E-state index in [1.807, 2.05) is 6.20 Å². The molecule has 1 heterocycles. The summed E-state index contributed by atoms with van der Waals surface area (Å²) in [6, 6.07) is 2.15. The molecule has 1 saturated carbocycles. The van der Waals surface area contributed by atoms with Gasteiger partial charge in [0, 0.05) is 12.2 Å². The molecule has 1 aromatic heterocycles. The van der Waals surface area contributed by atoms with Gasteiger partial charge in [0.15, 0.2) is 0 Å². The fraction of sp³-hybridized carbons (Fsp3) is 0.667. The number of hydrogen-bond acceptors (Lipinski definition) is 3. The zero-order valence-corrected chi connectivity index (χ0v) is 11.4. The van der Waals surface area contributed by atoms with Crippen LogP contribution in [0.1, 0.15) is 51.1 Å². The molecule has 3 heteroatoms. The molecular weight excluding hydrogens is 224 g/mol. The maximum atomic E-state index is 6.39. The Kier molecular flexibility index (Phi) is 4.59. The van der Waals surface area contributed by atoms with Crippen LogP contribution in [0, 0.1) is 11.8 Å². The first-order valence-electron chi connectivity index (χ1n) is 7.05. The molecule has 2 N–H and O–H groups in total. The minimum atomic E-state index is 0.0974. The van der Waals surface area contributed by atoms with E-state index in [4.69, 9.17) is 10.5 Å². The molecule has 0 aromatic carbocycles. The summed E-state index contributed by atoms with van der Waals surface area (Å²) in [6.07, 6.45) is 8.51. The molecule has 3 nitrogen and oxygen atoms in total. The van der Waals surface area contributed by atoms with Crippen molar-refractivity contribution < 1.29 is 4.74 Å². The summed E-state index contributed by atoms with van der Waals surface area (Å²) in [4.78, 5) is 4.25. The molecule has 3 atom stereocenters. The van der Waals surface area contributed by atoms with Gasteiger partial charge in [-0.05, 0) is 36.3 Å². The van der Waals surface area contributed by atoms with Crippen LogP contribution in [0.25, 0.3) is 0 Å². The zero-order chi connectivity index (χ0) is 13.0. The van der Waals surface area contributed by atoms with Gasteiger partial charge in [0.1, 0.15) is 5.75 Å². The standard InChI is InChI=1S/C15H24N2O/c1-3-7-18-13-8-12(9-17-10-13)15(16)14-6-4-5-11(14)2/h8-11,14-15H,3-7,16H2,1-2H3. The molecule has 18 heavy (non-hydrogen) atoms. The van der Waals surface area contributed by atoms with Gasteiger partial charge in [-0.25, -0.2) is 0 Å². The van der Waals surface area contributed by atoms with Crippen LogP contribution in [0.5, 0.6) is 5.75 Å². The van der Waals surface area contributed by atoms with Gasteiger partial charge in [0.05, 0.1) is 12.8 Å². The van der Waals surface area contributed by atoms with Gasteiger partial charge in [-0.1, -0.05) is 26.7 Å². The number of pyridine rings is 1. The van der Waals surface area contributed by atoms with Crippen LogP contribution in [0.15, 0.2) is 18.5 Å². The highest BCUT2D eigenvalue weighted by Gasteiger charge is 2.29. The van der Waals surface area contributed by atoms with Crippen LogP contribution in [0.3, 0.4) is 0 Å². The van der Waals surface area contributed by atoms with E-state index in [1.165, 1.54) is 19.3 Å². The van der Waals surface area contributed by atoms with Crippen molar-refractivity contribution >= 4 is 0 Å². The average molecular weight is 248 g/mol. The molecule has 0 amide bonds. The van der Waals surface area contributed by atoms with E-state index in [1.54, 1.807) is 6.20 Å². The van der Waals surface area contributed by atoms with E-state index in [9.17, 15) is 0 Å². The highest BCUT2D eigenvalue weighted by atomic mass is 16.5. The zero-order valence-electron chi connectivity index (χ0n) is 11.4. The Hall–Kier alpha value is -1.09. The molecule has 2 rings (SSSR count). The molecule has 0 bridgehead atoms. The normalized spacial score (nSPS) is 25.1. The topological polar surface area (TPSA) is 48.1 Å². The van der Waals surface area contributed by atoms with Crippen molar-refractivity contribution in [2.24, 2.45) is 17.6 Å². The summed E-state index contributed by atoms with van der Waals surface area (Å²) >= 11 is 0. The third-order valence-corrected chi connectivity index (χ3v) is 3.98. The predicted octanol–water partition coefficient (Wildman–Crippen LogP) is 3.31. The number of hydrogen-bond donors (Lipinski definition) is 1. The molecule has 0 aliphatic heterocycles. The van der Waals surface area contributed by atoms with E-state index in [0.717, 1.165) is 30.3 Å². The Labute approximate surface area is 110 Å². The molecule has 0 spiro atoms. The highest BCUT2D eigenvalue weighted by molar-refractivity contribution is 5.26. The largest absolute Gasteiger partial charge is 0.492 e. The van der Waals surface area contributed by atoms with Crippen molar-refractivity contribution in [3.8, 4) is 5.75 Å². The average Bonchev–Trinajstić information content (AvgIpc) is 2.82. The third kappa shape index (κ3) is 3.02. The van der Waals surface area contributed by atoms with Gasteiger partial charge >= 0.3 is 0 Å². The van der Waals surface area contributed by atoms with Crippen molar-refractivity contribution in [2.45, 2.75) is 45.6 Å². The third-order valence-electron chi connectivity index (χ3n) is 3.98. The van der Waals surface area contributed by atoms with Gasteiger partial charge in [-0.2, -0.15) is 0 Å². The predicted molar refractivity (Wildman–Crippen MR) is 73.5 cm³/mol. The van der Waals surface area contributed by atoms with Crippen LogP contribution < -0.4 is 10.5 Å². The van der Waals surface area contributed by atoms with Gasteiger partial charge in [0.2, 0.25) is 0 Å². The summed E-state index contributed by atoms with van der Waals surface area (Å²) < 4.78 is 5.62. The lowest BCUT2D eigenvalue weighted by Gasteiger charge is -2.23. The van der Waals surface area contributed by atoms with Crippen molar-refractivity contribution in [1.82, 2.24) is 4.98 Å². The van der Waals surface area contributed by atoms with Gasteiger partial charge in [-0.3, -0.25) is 4.98 Å². The Balaban J connectivity index is 2.07. The lowest BCUT2D eigenvalue weighted by atomic mass is 9.87. The van der Waals surface area contributed by atoms with Crippen LogP contribution in [0.4, 0.5) is 0 Å². The molecule has 1 aromatic rings. The first-order valence-corrected chi connectivity index (χ1v) is 7.05. The summed E-state index contributed by atoms with van der Waals surface area (Å²) in [5.74, 6) is 2.16. The van der Waals surface area contributed by atoms with E-state index in [0.29, 0.717) is 5.92 Å². The maximum Gasteiger partial charge on any atom is 0.137 e. The second-order valence-electron chi connectivity index (χ2n) is 5.40. The molecule has 100 valence electrons. The second kappa shape index (κ2) is 6.19. The maximum absolute atomic E-state index is 6.39. The number of rotatable bonds is 5. The summed E-state index contributed by atoms with van der Waals surface area (Å²) in [7, 11) is 0. The van der Waals surface area contributed by atoms with E-state index < -0.39 is 0 Å². The van der Waals surface area contributed by atoms with Crippen molar-refractivity contribution in [3.05, 3.63) is 24.0 Å². The van der Waals surface area contributed by atoms with Crippen LogP contribution in [-0.2, 0) is 0 Å². The second-order valence-corrected chi connectivity index (χ2v) is 5.40. The van der Waals surface area contributed by atoms with Gasteiger partial charge in [0.25, 0.3) is 0 Å². The molecule has 3 unspecified atom stereocenters. The molecule has 1 aliphatic carbocycles. The van der Waals surface area contributed by atoms with Crippen LogP contribution >= 0.6 is 0 Å². The highest BCUT2D eigenvalue weighted by Crippen LogP contribution is 2.39. The minimum Gasteiger partial charge on any atom is -0.492 e. The Morgan fingerprint density at radius 3 is 2.94 bits per heavy atom. The van der Waals surface area contributed by atoms with E-state index >= 15 is 0 Å². The number of nitrogens with two attached hydrogens (primary N) is 1. The van der Waals surface area contributed by atoms with Crippen molar-refractivity contribution in [2.75, 3.05) is 6.61 Å². The molecule has 1 fully saturated rings. The minimum absolute atomic E-state index is 0.0974. The monoisotopic (exact) mass is 248 g/mol. The van der Waals surface area contributed by atoms with E-state index in [-0.39, 0.29) is 6.04 Å². The van der Waals surface area contributed by atoms with Crippen LogP contribution in [-0.4, -0.2) is 11.6 Å². The van der Waals surface area contributed by atoms with Crippen molar-refractivity contribution in [1.29, 1.82) is 0 Å². The quantitative estimate of drug-likeness (QED) is 0.869. The Morgan fingerprint density at radius 2 is 2.28 bits per heavy atom. The number of ether oxygens (including phenoxy) is 1. The Bertz CT molecular complexity index is 381. The first-order chi connectivity index (χ1) is 8.72. The SMILES string of the molecule is CCCOc1cncc(C(N)C2CCCC2C)c1. The van der Waals surface area contributed by atoms with Gasteiger partial charge < -0.3 is 10.5 Å². The fourth-order valence-corrected chi connectivity index (χ4v) is 2.87. The fourth-order valence-electron chi connectivity index (χ4n) is 2.87. The van der Waals surface area contributed by atoms with Crippen LogP contribution in [0.2, 0.25) is 0 Å². The molecule has 0 radical (unpaired) electrons. The summed E-state index contributed by atoms with van der Waals surface area (Å²) in [5, 5.41) is 0.